The summed E-state index contributed by atoms with van der Waals surface area (Å²) in [6.07, 6.45) is 0. The molecule has 1 aromatic rings. The molecule has 0 spiro atoms. The Bertz CT molecular complexity index is 742. The lowest BCUT2D eigenvalue weighted by molar-refractivity contribution is -0.155. The Labute approximate surface area is 132 Å². The molecule has 7 heteroatoms. The largest absolute Gasteiger partial charge is 0.506 e. The molecule has 0 radical (unpaired) electrons. The minimum Gasteiger partial charge on any atom is -0.506 e. The molecular formula is C16H15NO6. The number of esters is 2. The Balaban J connectivity index is 2.42. The number of anilines is 1. The molecule has 0 atom stereocenters. The number of methoxy groups -OCH3 is 1. The number of rotatable bonds is 4. The summed E-state index contributed by atoms with van der Waals surface area (Å²) in [6.45, 7) is 2.62. The summed E-state index contributed by atoms with van der Waals surface area (Å²) >= 11 is 0. The van der Waals surface area contributed by atoms with Crippen molar-refractivity contribution in [3.05, 3.63) is 46.9 Å². The Morgan fingerprint density at radius 1 is 1.13 bits per heavy atom. The van der Waals surface area contributed by atoms with Crippen LogP contribution in [0.4, 0.5) is 5.69 Å². The number of hydrogen-bond donors (Lipinski definition) is 2. The van der Waals surface area contributed by atoms with E-state index in [4.69, 9.17) is 4.74 Å². The van der Waals surface area contributed by atoms with Gasteiger partial charge in [-0.3, -0.25) is 4.79 Å². The van der Waals surface area contributed by atoms with Crippen LogP contribution in [0, 0.1) is 0 Å². The molecule has 2 rings (SSSR count). The van der Waals surface area contributed by atoms with E-state index in [9.17, 15) is 19.5 Å². The molecule has 0 aliphatic carbocycles. The number of aliphatic hydroxyl groups excluding tert-OH is 1. The van der Waals surface area contributed by atoms with Crippen LogP contribution in [0.2, 0.25) is 0 Å². The molecule has 1 aromatic carbocycles. The average molecular weight is 317 g/mol. The average Bonchev–Trinajstić information content (AvgIpc) is 2.46. The summed E-state index contributed by atoms with van der Waals surface area (Å²) < 4.78 is 9.54. The number of ether oxygens (including phenoxy) is 2. The standard InChI is InChI=1S/C16H15NO6/c1-8(17-10-4-6-11(22-3)7-5-10)12-14(19)13(9(2)18)16(21)23-15(12)20/h4-7,17,19H,1-3H3/b12-8-. The van der Waals surface area contributed by atoms with Gasteiger partial charge in [-0.25, -0.2) is 9.59 Å². The van der Waals surface area contributed by atoms with E-state index in [2.05, 4.69) is 10.1 Å². The summed E-state index contributed by atoms with van der Waals surface area (Å²) in [7, 11) is 1.54. The van der Waals surface area contributed by atoms with Crippen LogP contribution in [0.15, 0.2) is 46.9 Å². The van der Waals surface area contributed by atoms with E-state index in [1.54, 1.807) is 24.3 Å². The van der Waals surface area contributed by atoms with Crippen LogP contribution in [-0.4, -0.2) is 29.9 Å². The van der Waals surface area contributed by atoms with Crippen molar-refractivity contribution in [2.24, 2.45) is 0 Å². The van der Waals surface area contributed by atoms with Crippen molar-refractivity contribution in [2.75, 3.05) is 12.4 Å². The first-order valence-corrected chi connectivity index (χ1v) is 6.68. The molecular weight excluding hydrogens is 302 g/mol. The maximum absolute atomic E-state index is 11.8. The summed E-state index contributed by atoms with van der Waals surface area (Å²) in [5, 5.41) is 13.0. The highest BCUT2D eigenvalue weighted by molar-refractivity contribution is 6.23. The number of hydrogen-bond acceptors (Lipinski definition) is 7. The maximum atomic E-state index is 11.8. The van der Waals surface area contributed by atoms with E-state index in [0.29, 0.717) is 11.4 Å². The SMILES string of the molecule is COc1ccc(N/C(C)=C2\C(=O)OC(=O)C(C(C)=O)=C2O)cc1. The summed E-state index contributed by atoms with van der Waals surface area (Å²) in [6, 6.07) is 6.82. The predicted molar refractivity (Wildman–Crippen MR) is 80.8 cm³/mol. The topological polar surface area (TPSA) is 102 Å². The van der Waals surface area contributed by atoms with Gasteiger partial charge < -0.3 is 19.9 Å². The third-order valence-corrected chi connectivity index (χ3v) is 3.22. The molecule has 2 N–H and O–H groups in total. The molecule has 0 amide bonds. The second-order valence-corrected chi connectivity index (χ2v) is 4.81. The van der Waals surface area contributed by atoms with Crippen molar-refractivity contribution in [2.45, 2.75) is 13.8 Å². The van der Waals surface area contributed by atoms with Gasteiger partial charge >= 0.3 is 11.9 Å². The minimum absolute atomic E-state index is 0.240. The van der Waals surface area contributed by atoms with E-state index in [-0.39, 0.29) is 11.3 Å². The number of carbonyl (C=O) groups is 3. The molecule has 0 aromatic heterocycles. The molecule has 1 aliphatic heterocycles. The van der Waals surface area contributed by atoms with Gasteiger partial charge in [0.15, 0.2) is 5.78 Å². The lowest BCUT2D eigenvalue weighted by Gasteiger charge is -2.18. The van der Waals surface area contributed by atoms with Crippen molar-refractivity contribution >= 4 is 23.4 Å². The van der Waals surface area contributed by atoms with Gasteiger partial charge in [0.1, 0.15) is 22.7 Å². The van der Waals surface area contributed by atoms with E-state index >= 15 is 0 Å². The highest BCUT2D eigenvalue weighted by atomic mass is 16.6. The fraction of sp³-hybridized carbons (Fsp3) is 0.188. The molecule has 0 bridgehead atoms. The van der Waals surface area contributed by atoms with Crippen molar-refractivity contribution in [1.29, 1.82) is 0 Å². The van der Waals surface area contributed by atoms with E-state index < -0.39 is 29.1 Å². The molecule has 120 valence electrons. The van der Waals surface area contributed by atoms with Crippen LogP contribution in [0.5, 0.6) is 5.75 Å². The number of cyclic esters (lactones) is 2. The van der Waals surface area contributed by atoms with Crippen LogP contribution in [0.3, 0.4) is 0 Å². The first-order chi connectivity index (χ1) is 10.8. The molecule has 0 saturated heterocycles. The van der Waals surface area contributed by atoms with Gasteiger partial charge in [-0.05, 0) is 38.1 Å². The zero-order chi connectivity index (χ0) is 17.1. The molecule has 0 saturated carbocycles. The molecule has 1 aliphatic rings. The van der Waals surface area contributed by atoms with Crippen molar-refractivity contribution in [1.82, 2.24) is 0 Å². The van der Waals surface area contributed by atoms with Crippen LogP contribution in [0.1, 0.15) is 13.8 Å². The van der Waals surface area contributed by atoms with Crippen molar-refractivity contribution < 1.29 is 29.0 Å². The zero-order valence-corrected chi connectivity index (χ0v) is 12.8. The second kappa shape index (κ2) is 6.35. The number of aliphatic hydroxyl groups is 1. The molecule has 0 unspecified atom stereocenters. The first kappa shape index (κ1) is 16.3. The molecule has 7 nitrogen and oxygen atoms in total. The van der Waals surface area contributed by atoms with Crippen molar-refractivity contribution in [3.63, 3.8) is 0 Å². The lowest BCUT2D eigenvalue weighted by Crippen LogP contribution is -2.29. The normalized spacial score (nSPS) is 16.8. The molecule has 23 heavy (non-hydrogen) atoms. The monoisotopic (exact) mass is 317 g/mol. The molecule has 0 fully saturated rings. The van der Waals surface area contributed by atoms with Gasteiger partial charge in [0.2, 0.25) is 0 Å². The highest BCUT2D eigenvalue weighted by Crippen LogP contribution is 2.26. The second-order valence-electron chi connectivity index (χ2n) is 4.81. The quantitative estimate of drug-likeness (QED) is 0.378. The highest BCUT2D eigenvalue weighted by Gasteiger charge is 2.36. The molecule has 1 heterocycles. The van der Waals surface area contributed by atoms with Gasteiger partial charge in [-0.2, -0.15) is 0 Å². The number of ketones is 1. The Kier molecular flexibility index (Phi) is 4.49. The first-order valence-electron chi connectivity index (χ1n) is 6.68. The van der Waals surface area contributed by atoms with Gasteiger partial charge in [0, 0.05) is 11.4 Å². The number of benzene rings is 1. The lowest BCUT2D eigenvalue weighted by atomic mass is 10.0. The van der Waals surface area contributed by atoms with Gasteiger partial charge in [0.05, 0.1) is 7.11 Å². The van der Waals surface area contributed by atoms with E-state index in [1.807, 2.05) is 0 Å². The third-order valence-electron chi connectivity index (χ3n) is 3.22. The van der Waals surface area contributed by atoms with Gasteiger partial charge in [-0.1, -0.05) is 0 Å². The third kappa shape index (κ3) is 3.23. The van der Waals surface area contributed by atoms with Gasteiger partial charge in [0.25, 0.3) is 0 Å². The van der Waals surface area contributed by atoms with E-state index in [1.165, 1.54) is 14.0 Å². The number of Topliss-reactive ketones (excluding diaryl/α,β-unsaturated/α-hetero) is 1. The zero-order valence-electron chi connectivity index (χ0n) is 12.8. The predicted octanol–water partition coefficient (Wildman–Crippen LogP) is 1.87. The van der Waals surface area contributed by atoms with Crippen molar-refractivity contribution in [3.8, 4) is 5.75 Å². The fourth-order valence-electron chi connectivity index (χ4n) is 2.10. The van der Waals surface area contributed by atoms with Crippen LogP contribution in [-0.2, 0) is 19.1 Å². The smallest absolute Gasteiger partial charge is 0.353 e. The summed E-state index contributed by atoms with van der Waals surface area (Å²) in [4.78, 5) is 34.8. The summed E-state index contributed by atoms with van der Waals surface area (Å²) in [5.41, 5.74) is 0.0580. The van der Waals surface area contributed by atoms with Crippen LogP contribution in [0.25, 0.3) is 0 Å². The number of carbonyl (C=O) groups excluding carboxylic acids is 3. The minimum atomic E-state index is -1.15. The van der Waals surface area contributed by atoms with Gasteiger partial charge in [-0.15, -0.1) is 0 Å². The number of nitrogens with one attached hydrogen (secondary N) is 1. The Hall–Kier alpha value is -3.09. The van der Waals surface area contributed by atoms with E-state index in [0.717, 1.165) is 6.92 Å². The Morgan fingerprint density at radius 3 is 2.26 bits per heavy atom. The van der Waals surface area contributed by atoms with Crippen LogP contribution >= 0.6 is 0 Å². The summed E-state index contributed by atoms with van der Waals surface area (Å²) in [5.74, 6) is -2.88. The Morgan fingerprint density at radius 2 is 1.74 bits per heavy atom. The fourth-order valence-corrected chi connectivity index (χ4v) is 2.10. The van der Waals surface area contributed by atoms with Crippen LogP contribution < -0.4 is 10.1 Å². The number of allylic oxidation sites excluding steroid dienone is 1. The maximum Gasteiger partial charge on any atom is 0.353 e.